The van der Waals surface area contributed by atoms with Crippen molar-refractivity contribution >= 4 is 33.9 Å². The minimum Gasteiger partial charge on any atom is -0.481 e. The van der Waals surface area contributed by atoms with Crippen molar-refractivity contribution < 1.29 is 14.7 Å². The Morgan fingerprint density at radius 2 is 2.16 bits per heavy atom. The molecule has 0 radical (unpaired) electrons. The maximum Gasteiger partial charge on any atom is 0.309 e. The molecule has 1 aromatic carbocycles. The number of hydrogen-bond acceptors (Lipinski definition) is 4. The molecule has 0 fully saturated rings. The lowest BCUT2D eigenvalue weighted by atomic mass is 10.0. The molecule has 0 atom stereocenters. The van der Waals surface area contributed by atoms with Gasteiger partial charge in [0, 0.05) is 41.5 Å². The average Bonchev–Trinajstić information content (AvgIpc) is 3.22. The van der Waals surface area contributed by atoms with Crippen LogP contribution in [0.1, 0.15) is 23.9 Å². The number of carbonyl (C=O) groups is 2. The third kappa shape index (κ3) is 2.51. The zero-order chi connectivity index (χ0) is 17.7. The number of rotatable bonds is 3. The summed E-state index contributed by atoms with van der Waals surface area (Å²) in [7, 11) is 0. The molecule has 3 heterocycles. The molecular formula is C18H17N3O3S. The van der Waals surface area contributed by atoms with Gasteiger partial charge in [-0.2, -0.15) is 0 Å². The van der Waals surface area contributed by atoms with Gasteiger partial charge in [-0.3, -0.25) is 14.0 Å². The van der Waals surface area contributed by atoms with Crippen LogP contribution < -0.4 is 4.90 Å². The van der Waals surface area contributed by atoms with Gasteiger partial charge in [0.15, 0.2) is 4.96 Å². The first-order chi connectivity index (χ1) is 12.0. The van der Waals surface area contributed by atoms with Gasteiger partial charge < -0.3 is 10.0 Å². The van der Waals surface area contributed by atoms with Crippen LogP contribution in [0.2, 0.25) is 0 Å². The molecule has 1 N–H and O–H groups in total. The third-order valence-electron chi connectivity index (χ3n) is 4.63. The first-order valence-electron chi connectivity index (χ1n) is 8.04. The molecule has 1 aliphatic heterocycles. The van der Waals surface area contributed by atoms with Crippen LogP contribution in [-0.4, -0.2) is 32.9 Å². The maximum absolute atomic E-state index is 11.7. The monoisotopic (exact) mass is 355 g/mol. The van der Waals surface area contributed by atoms with E-state index in [1.54, 1.807) is 11.8 Å². The molecule has 3 aromatic rings. The summed E-state index contributed by atoms with van der Waals surface area (Å²) >= 11 is 1.45. The van der Waals surface area contributed by atoms with E-state index >= 15 is 0 Å². The second-order valence-electron chi connectivity index (χ2n) is 6.23. The van der Waals surface area contributed by atoms with Crippen molar-refractivity contribution in [2.45, 2.75) is 26.7 Å². The summed E-state index contributed by atoms with van der Waals surface area (Å²) < 4.78 is 1.92. The molecule has 1 aliphatic rings. The maximum atomic E-state index is 11.7. The fourth-order valence-corrected chi connectivity index (χ4v) is 4.43. The van der Waals surface area contributed by atoms with Crippen LogP contribution in [0.25, 0.3) is 16.2 Å². The number of aliphatic carboxylic acids is 1. The number of anilines is 1. The number of nitrogens with zero attached hydrogens (tertiary/aromatic N) is 3. The van der Waals surface area contributed by atoms with E-state index in [1.165, 1.54) is 11.3 Å². The number of thiazole rings is 1. The zero-order valence-electron chi connectivity index (χ0n) is 13.9. The minimum absolute atomic E-state index is 0.0194. The van der Waals surface area contributed by atoms with Gasteiger partial charge in [0.2, 0.25) is 5.91 Å². The highest BCUT2D eigenvalue weighted by Gasteiger charge is 2.23. The molecule has 0 saturated carbocycles. The summed E-state index contributed by atoms with van der Waals surface area (Å²) in [5, 5.41) is 10.9. The predicted octanol–water partition coefficient (Wildman–Crippen LogP) is 2.91. The zero-order valence-corrected chi connectivity index (χ0v) is 14.8. The van der Waals surface area contributed by atoms with E-state index in [-0.39, 0.29) is 12.3 Å². The van der Waals surface area contributed by atoms with E-state index in [0.29, 0.717) is 6.54 Å². The SMILES string of the molecule is CC(=O)N1CCc2cc(-c3nc4scc(CC(=O)O)n4c3C)ccc21. The standard InChI is InChI=1S/C18H17N3O3S/c1-10-17(19-18-21(10)14(9-25-18)8-16(23)24)13-3-4-15-12(7-13)5-6-20(15)11(2)22/h3-4,7,9H,5-6,8H2,1-2H3,(H,23,24). The Balaban J connectivity index is 1.78. The van der Waals surface area contributed by atoms with E-state index in [0.717, 1.165) is 45.3 Å². The predicted molar refractivity (Wildman–Crippen MR) is 96.3 cm³/mol. The lowest BCUT2D eigenvalue weighted by molar-refractivity contribution is -0.136. The van der Waals surface area contributed by atoms with Crippen LogP contribution in [0.3, 0.4) is 0 Å². The van der Waals surface area contributed by atoms with Crippen LogP contribution in [0.4, 0.5) is 5.69 Å². The number of fused-ring (bicyclic) bond motifs is 2. The van der Waals surface area contributed by atoms with Crippen LogP contribution >= 0.6 is 11.3 Å². The molecule has 0 aliphatic carbocycles. The summed E-state index contributed by atoms with van der Waals surface area (Å²) in [6.45, 7) is 4.26. The van der Waals surface area contributed by atoms with Gasteiger partial charge in [0.05, 0.1) is 12.1 Å². The van der Waals surface area contributed by atoms with Crippen molar-refractivity contribution in [2.75, 3.05) is 11.4 Å². The Kier molecular flexibility index (Phi) is 3.61. The fourth-order valence-electron chi connectivity index (χ4n) is 3.49. The first-order valence-corrected chi connectivity index (χ1v) is 8.92. The van der Waals surface area contributed by atoms with Gasteiger partial charge in [-0.25, -0.2) is 4.98 Å². The van der Waals surface area contributed by atoms with Gasteiger partial charge in [0.25, 0.3) is 0 Å². The highest BCUT2D eigenvalue weighted by atomic mass is 32.1. The summed E-state index contributed by atoms with van der Waals surface area (Å²) in [5.41, 5.74) is 5.67. The van der Waals surface area contributed by atoms with E-state index in [9.17, 15) is 9.59 Å². The Morgan fingerprint density at radius 3 is 2.88 bits per heavy atom. The van der Waals surface area contributed by atoms with Gasteiger partial charge in [-0.1, -0.05) is 6.07 Å². The Bertz CT molecular complexity index is 1020. The lowest BCUT2D eigenvalue weighted by Gasteiger charge is -2.14. The number of carboxylic acids is 1. The van der Waals surface area contributed by atoms with Crippen molar-refractivity contribution in [3.05, 3.63) is 40.5 Å². The highest BCUT2D eigenvalue weighted by Crippen LogP contribution is 2.34. The Morgan fingerprint density at radius 1 is 1.36 bits per heavy atom. The topological polar surface area (TPSA) is 74.9 Å². The van der Waals surface area contributed by atoms with Crippen LogP contribution in [-0.2, 0) is 22.4 Å². The number of aryl methyl sites for hydroxylation is 1. The normalized spacial score (nSPS) is 13.4. The Labute approximate surface area is 148 Å². The molecule has 25 heavy (non-hydrogen) atoms. The summed E-state index contributed by atoms with van der Waals surface area (Å²) in [6, 6.07) is 6.05. The molecule has 0 saturated heterocycles. The van der Waals surface area contributed by atoms with E-state index in [2.05, 4.69) is 6.07 Å². The molecule has 4 rings (SSSR count). The van der Waals surface area contributed by atoms with E-state index in [1.807, 2.05) is 28.8 Å². The van der Waals surface area contributed by atoms with E-state index < -0.39 is 5.97 Å². The molecule has 0 bridgehead atoms. The number of hydrogen-bond donors (Lipinski definition) is 1. The van der Waals surface area contributed by atoms with Gasteiger partial charge in [0.1, 0.15) is 0 Å². The second-order valence-corrected chi connectivity index (χ2v) is 7.06. The number of benzene rings is 1. The van der Waals surface area contributed by atoms with Crippen molar-refractivity contribution in [3.63, 3.8) is 0 Å². The summed E-state index contributed by atoms with van der Waals surface area (Å²) in [4.78, 5) is 30.0. The smallest absolute Gasteiger partial charge is 0.309 e. The van der Waals surface area contributed by atoms with Crippen LogP contribution in [0.5, 0.6) is 0 Å². The Hall–Kier alpha value is -2.67. The number of amides is 1. The minimum atomic E-state index is -0.851. The highest BCUT2D eigenvalue weighted by molar-refractivity contribution is 7.15. The molecule has 2 aromatic heterocycles. The van der Waals surface area contributed by atoms with Crippen LogP contribution in [0.15, 0.2) is 23.6 Å². The van der Waals surface area contributed by atoms with E-state index in [4.69, 9.17) is 10.1 Å². The van der Waals surface area contributed by atoms with Gasteiger partial charge in [-0.15, -0.1) is 11.3 Å². The van der Waals surface area contributed by atoms with Crippen LogP contribution in [0, 0.1) is 6.92 Å². The first kappa shape index (κ1) is 15.8. The van der Waals surface area contributed by atoms with Crippen molar-refractivity contribution in [1.82, 2.24) is 9.38 Å². The summed E-state index contributed by atoms with van der Waals surface area (Å²) in [6.07, 6.45) is 0.822. The quantitative estimate of drug-likeness (QED) is 0.784. The number of imidazole rings is 1. The molecule has 128 valence electrons. The molecule has 6 nitrogen and oxygen atoms in total. The number of carboxylic acid groups (broad SMARTS) is 1. The number of aromatic nitrogens is 2. The van der Waals surface area contributed by atoms with Crippen molar-refractivity contribution in [2.24, 2.45) is 0 Å². The summed E-state index contributed by atoms with van der Waals surface area (Å²) in [5.74, 6) is -0.792. The average molecular weight is 355 g/mol. The molecule has 0 unspecified atom stereocenters. The van der Waals surface area contributed by atoms with Crippen molar-refractivity contribution in [1.29, 1.82) is 0 Å². The molecular weight excluding hydrogens is 338 g/mol. The lowest BCUT2D eigenvalue weighted by Crippen LogP contribution is -2.25. The second kappa shape index (κ2) is 5.70. The van der Waals surface area contributed by atoms with Gasteiger partial charge in [-0.05, 0) is 31.0 Å². The molecule has 7 heteroatoms. The fraction of sp³-hybridized carbons (Fsp3) is 0.278. The molecule has 1 amide bonds. The van der Waals surface area contributed by atoms with Gasteiger partial charge >= 0.3 is 5.97 Å². The largest absolute Gasteiger partial charge is 0.481 e. The third-order valence-corrected chi connectivity index (χ3v) is 5.50. The van der Waals surface area contributed by atoms with Crippen molar-refractivity contribution in [3.8, 4) is 11.3 Å². The molecule has 0 spiro atoms. The number of carbonyl (C=O) groups excluding carboxylic acids is 1.